The van der Waals surface area contributed by atoms with Crippen LogP contribution in [0.1, 0.15) is 0 Å². The topological polar surface area (TPSA) is 40.6 Å². The molecule has 2 rings (SSSR count). The molecule has 0 atom stereocenters. The van der Waals surface area contributed by atoms with Crippen molar-refractivity contribution in [2.24, 2.45) is 0 Å². The lowest BCUT2D eigenvalue weighted by Crippen LogP contribution is -1.95. The molecule has 5 heteroatoms. The highest BCUT2D eigenvalue weighted by Gasteiger charge is 2.16. The number of rotatable bonds is 3. The molecule has 0 saturated carbocycles. The van der Waals surface area contributed by atoms with Crippen molar-refractivity contribution >= 4 is 22.4 Å². The van der Waals surface area contributed by atoms with Crippen LogP contribution in [0, 0.1) is 0 Å². The van der Waals surface area contributed by atoms with Gasteiger partial charge in [-0.25, -0.2) is 4.98 Å². The van der Waals surface area contributed by atoms with Gasteiger partial charge in [-0.3, -0.25) is 0 Å². The Balaban J connectivity index is 2.92. The minimum atomic E-state index is 0.358. The summed E-state index contributed by atoms with van der Waals surface area (Å²) in [5, 5.41) is 1.88. The number of nitrogens with zero attached hydrogens (tertiary/aromatic N) is 1. The van der Waals surface area contributed by atoms with Crippen molar-refractivity contribution in [1.29, 1.82) is 0 Å². The van der Waals surface area contributed by atoms with Crippen LogP contribution < -0.4 is 14.2 Å². The number of hydrogen-bond donors (Lipinski definition) is 0. The molecular formula is C12H12ClNO3. The molecule has 0 bridgehead atoms. The van der Waals surface area contributed by atoms with E-state index in [1.807, 2.05) is 6.07 Å². The fraction of sp³-hybridized carbons (Fsp3) is 0.250. The second kappa shape index (κ2) is 4.67. The lowest BCUT2D eigenvalue weighted by molar-refractivity contribution is 0.353. The van der Waals surface area contributed by atoms with Gasteiger partial charge in [0.1, 0.15) is 10.9 Å². The van der Waals surface area contributed by atoms with Gasteiger partial charge < -0.3 is 14.2 Å². The van der Waals surface area contributed by atoms with E-state index in [0.29, 0.717) is 27.8 Å². The Morgan fingerprint density at radius 1 is 1.06 bits per heavy atom. The average molecular weight is 254 g/mol. The molecule has 0 saturated heterocycles. The summed E-state index contributed by atoms with van der Waals surface area (Å²) < 4.78 is 15.9. The maximum absolute atomic E-state index is 6.10. The Bertz CT molecular complexity index is 557. The fourth-order valence-corrected chi connectivity index (χ4v) is 2.01. The van der Waals surface area contributed by atoms with Gasteiger partial charge >= 0.3 is 0 Å². The van der Waals surface area contributed by atoms with Crippen molar-refractivity contribution in [3.63, 3.8) is 0 Å². The quantitative estimate of drug-likeness (QED) is 0.789. The monoisotopic (exact) mass is 253 g/mol. The summed E-state index contributed by atoms with van der Waals surface area (Å²) in [7, 11) is 4.72. The van der Waals surface area contributed by atoms with E-state index in [0.717, 1.165) is 5.39 Å². The van der Waals surface area contributed by atoms with Crippen molar-refractivity contribution in [3.8, 4) is 17.2 Å². The summed E-state index contributed by atoms with van der Waals surface area (Å²) in [6.45, 7) is 0. The molecule has 0 fully saturated rings. The molecule has 1 aromatic heterocycles. The van der Waals surface area contributed by atoms with Gasteiger partial charge in [-0.2, -0.15) is 0 Å². The fourth-order valence-electron chi connectivity index (χ4n) is 1.77. The number of pyridine rings is 1. The summed E-state index contributed by atoms with van der Waals surface area (Å²) in [5.74, 6) is 1.79. The molecule has 0 aliphatic carbocycles. The molecule has 0 amide bonds. The summed E-state index contributed by atoms with van der Waals surface area (Å²) in [4.78, 5) is 4.04. The normalized spacial score (nSPS) is 10.4. The number of hydrogen-bond acceptors (Lipinski definition) is 4. The maximum Gasteiger partial charge on any atom is 0.171 e. The van der Waals surface area contributed by atoms with Crippen LogP contribution >= 0.6 is 11.6 Å². The predicted octanol–water partition coefficient (Wildman–Crippen LogP) is 2.91. The van der Waals surface area contributed by atoms with E-state index in [2.05, 4.69) is 4.98 Å². The molecule has 0 aliphatic rings. The third-order valence-corrected chi connectivity index (χ3v) is 2.81. The van der Waals surface area contributed by atoms with Crippen LogP contribution in [0.5, 0.6) is 17.2 Å². The Morgan fingerprint density at radius 2 is 1.76 bits per heavy atom. The van der Waals surface area contributed by atoms with Gasteiger partial charge in [0.25, 0.3) is 0 Å². The minimum absolute atomic E-state index is 0.358. The van der Waals surface area contributed by atoms with Crippen molar-refractivity contribution < 1.29 is 14.2 Å². The molecule has 4 nitrogen and oxygen atoms in total. The van der Waals surface area contributed by atoms with Crippen molar-refractivity contribution in [3.05, 3.63) is 23.5 Å². The number of fused-ring (bicyclic) bond motifs is 1. The summed E-state index contributed by atoms with van der Waals surface area (Å²) in [6, 6.07) is 3.58. The molecule has 0 N–H and O–H groups in total. The molecular weight excluding hydrogens is 242 g/mol. The number of ether oxygens (including phenoxy) is 3. The average Bonchev–Trinajstić information content (AvgIpc) is 2.37. The zero-order valence-electron chi connectivity index (χ0n) is 9.78. The van der Waals surface area contributed by atoms with Crippen LogP contribution in [0.2, 0.25) is 5.15 Å². The number of aromatic nitrogens is 1. The highest BCUT2D eigenvalue weighted by atomic mass is 35.5. The Hall–Kier alpha value is -1.68. The minimum Gasteiger partial charge on any atom is -0.496 e. The lowest BCUT2D eigenvalue weighted by Gasteiger charge is -2.14. The van der Waals surface area contributed by atoms with E-state index in [1.54, 1.807) is 33.6 Å². The van der Waals surface area contributed by atoms with E-state index in [4.69, 9.17) is 25.8 Å². The third-order valence-electron chi connectivity index (χ3n) is 2.53. The molecule has 90 valence electrons. The first-order chi connectivity index (χ1) is 8.22. The standard InChI is InChI=1S/C12H12ClNO3/c1-15-8-6-9(16-2)11(17-3)10-7(8)4-5-14-12(10)13/h4-6H,1-3H3. The molecule has 0 aliphatic heterocycles. The van der Waals surface area contributed by atoms with E-state index >= 15 is 0 Å². The third kappa shape index (κ3) is 1.85. The number of methoxy groups -OCH3 is 3. The zero-order chi connectivity index (χ0) is 12.4. The summed E-state index contributed by atoms with van der Waals surface area (Å²) in [5.41, 5.74) is 0. The van der Waals surface area contributed by atoms with Crippen LogP contribution in [-0.4, -0.2) is 26.3 Å². The highest BCUT2D eigenvalue weighted by molar-refractivity contribution is 6.35. The molecule has 1 heterocycles. The van der Waals surface area contributed by atoms with Gasteiger partial charge in [-0.15, -0.1) is 0 Å². The predicted molar refractivity (Wildman–Crippen MR) is 66.4 cm³/mol. The largest absolute Gasteiger partial charge is 0.496 e. The first-order valence-electron chi connectivity index (χ1n) is 4.96. The smallest absolute Gasteiger partial charge is 0.171 e. The van der Waals surface area contributed by atoms with Gasteiger partial charge in [-0.05, 0) is 6.07 Å². The Labute approximate surface area is 104 Å². The van der Waals surface area contributed by atoms with Crippen LogP contribution in [0.4, 0.5) is 0 Å². The van der Waals surface area contributed by atoms with Crippen molar-refractivity contribution in [1.82, 2.24) is 4.98 Å². The lowest BCUT2D eigenvalue weighted by atomic mass is 10.1. The summed E-state index contributed by atoms with van der Waals surface area (Å²) >= 11 is 6.10. The summed E-state index contributed by atoms with van der Waals surface area (Å²) in [6.07, 6.45) is 1.62. The number of halogens is 1. The van der Waals surface area contributed by atoms with Gasteiger partial charge in [0, 0.05) is 17.6 Å². The van der Waals surface area contributed by atoms with E-state index in [-0.39, 0.29) is 0 Å². The van der Waals surface area contributed by atoms with Crippen molar-refractivity contribution in [2.75, 3.05) is 21.3 Å². The zero-order valence-corrected chi connectivity index (χ0v) is 10.5. The van der Waals surface area contributed by atoms with Crippen LogP contribution in [0.15, 0.2) is 18.3 Å². The maximum atomic E-state index is 6.10. The SMILES string of the molecule is COc1cc(OC)c2ccnc(Cl)c2c1OC. The second-order valence-electron chi connectivity index (χ2n) is 3.34. The number of benzene rings is 1. The second-order valence-corrected chi connectivity index (χ2v) is 3.70. The molecule has 2 aromatic rings. The van der Waals surface area contributed by atoms with Gasteiger partial charge in [-0.1, -0.05) is 11.6 Å². The molecule has 0 radical (unpaired) electrons. The Kier molecular flexibility index (Phi) is 3.24. The van der Waals surface area contributed by atoms with E-state index in [1.165, 1.54) is 0 Å². The Morgan fingerprint density at radius 3 is 2.35 bits per heavy atom. The first kappa shape index (κ1) is 11.8. The molecule has 17 heavy (non-hydrogen) atoms. The molecule has 1 aromatic carbocycles. The van der Waals surface area contributed by atoms with E-state index < -0.39 is 0 Å². The van der Waals surface area contributed by atoms with E-state index in [9.17, 15) is 0 Å². The first-order valence-corrected chi connectivity index (χ1v) is 5.34. The van der Waals surface area contributed by atoms with Crippen LogP contribution in [0.3, 0.4) is 0 Å². The molecule has 0 unspecified atom stereocenters. The van der Waals surface area contributed by atoms with Crippen LogP contribution in [-0.2, 0) is 0 Å². The van der Waals surface area contributed by atoms with Gasteiger partial charge in [0.05, 0.1) is 26.7 Å². The highest BCUT2D eigenvalue weighted by Crippen LogP contribution is 2.43. The van der Waals surface area contributed by atoms with Gasteiger partial charge in [0.2, 0.25) is 0 Å². The van der Waals surface area contributed by atoms with Crippen LogP contribution in [0.25, 0.3) is 10.8 Å². The molecule has 0 spiro atoms. The van der Waals surface area contributed by atoms with Gasteiger partial charge in [0.15, 0.2) is 11.5 Å². The van der Waals surface area contributed by atoms with Crippen molar-refractivity contribution in [2.45, 2.75) is 0 Å².